The van der Waals surface area contributed by atoms with E-state index < -0.39 is 11.8 Å². The van der Waals surface area contributed by atoms with Gasteiger partial charge in [0.2, 0.25) is 5.78 Å². The number of carboxylic acids is 1. The Bertz CT molecular complexity index is 419. The lowest BCUT2D eigenvalue weighted by Gasteiger charge is -2.04. The van der Waals surface area contributed by atoms with Crippen molar-refractivity contribution < 1.29 is 14.7 Å². The van der Waals surface area contributed by atoms with E-state index in [0.717, 1.165) is 19.3 Å². The summed E-state index contributed by atoms with van der Waals surface area (Å²) in [5.41, 5.74) is 0. The molecule has 0 bridgehead atoms. The highest BCUT2D eigenvalue weighted by Crippen LogP contribution is 2.16. The Hall–Kier alpha value is -0.860. The molecule has 0 aliphatic heterocycles. The summed E-state index contributed by atoms with van der Waals surface area (Å²) in [6.07, 6.45) is 35.5. The van der Waals surface area contributed by atoms with E-state index in [1.165, 1.54) is 148 Å². The molecule has 0 fully saturated rings. The van der Waals surface area contributed by atoms with Crippen LogP contribution < -0.4 is 0 Å². The molecule has 0 rings (SSSR count). The lowest BCUT2D eigenvalue weighted by Crippen LogP contribution is -2.11. The fourth-order valence-corrected chi connectivity index (χ4v) is 4.71. The second-order valence-electron chi connectivity index (χ2n) is 10.3. The minimum atomic E-state index is -1.28. The maximum Gasteiger partial charge on any atom is 0.372 e. The highest BCUT2D eigenvalue weighted by molar-refractivity contribution is 6.32. The number of ketones is 1. The normalized spacial score (nSPS) is 11.2. The molecule has 0 aromatic heterocycles. The molecule has 0 saturated heterocycles. The molecule has 0 saturated carbocycles. The molecule has 3 nitrogen and oxygen atoms in total. The smallest absolute Gasteiger partial charge is 0.372 e. The molecule has 0 radical (unpaired) electrons. The summed E-state index contributed by atoms with van der Waals surface area (Å²) in [5.74, 6) is -1.92. The van der Waals surface area contributed by atoms with Gasteiger partial charge in [-0.05, 0) is 6.42 Å². The molecule has 1 N–H and O–H groups in total. The lowest BCUT2D eigenvalue weighted by molar-refractivity contribution is -0.149. The van der Waals surface area contributed by atoms with Gasteiger partial charge in [-0.1, -0.05) is 167 Å². The third-order valence-electron chi connectivity index (χ3n) is 7.00. The average molecular weight is 467 g/mol. The van der Waals surface area contributed by atoms with Crippen LogP contribution in [-0.2, 0) is 9.59 Å². The molecule has 0 amide bonds. The van der Waals surface area contributed by atoms with Crippen molar-refractivity contribution in [3.8, 4) is 0 Å². The highest BCUT2D eigenvalue weighted by atomic mass is 16.4. The van der Waals surface area contributed by atoms with E-state index >= 15 is 0 Å². The molecule has 0 atom stereocenters. The number of Topliss-reactive ketones (excluding diaryl/α,β-unsaturated/α-hetero) is 1. The van der Waals surface area contributed by atoms with E-state index in [9.17, 15) is 9.59 Å². The number of carbonyl (C=O) groups is 2. The second-order valence-corrected chi connectivity index (χ2v) is 10.3. The van der Waals surface area contributed by atoms with Gasteiger partial charge in [0.05, 0.1) is 0 Å². The van der Waals surface area contributed by atoms with Crippen molar-refractivity contribution in [2.24, 2.45) is 0 Å². The van der Waals surface area contributed by atoms with Crippen LogP contribution in [0.25, 0.3) is 0 Å². The quantitative estimate of drug-likeness (QED) is 0.0921. The Labute approximate surface area is 206 Å². The molecule has 33 heavy (non-hydrogen) atoms. The van der Waals surface area contributed by atoms with Gasteiger partial charge in [-0.2, -0.15) is 0 Å². The van der Waals surface area contributed by atoms with Gasteiger partial charge in [0, 0.05) is 6.42 Å². The summed E-state index contributed by atoms with van der Waals surface area (Å²) in [5, 5.41) is 8.53. The molecular weight excluding hydrogens is 408 g/mol. The minimum Gasteiger partial charge on any atom is -0.476 e. The molecule has 0 spiro atoms. The van der Waals surface area contributed by atoms with Gasteiger partial charge in [-0.25, -0.2) is 4.79 Å². The summed E-state index contributed by atoms with van der Waals surface area (Å²) in [4.78, 5) is 21.4. The van der Waals surface area contributed by atoms with Crippen molar-refractivity contribution in [2.45, 2.75) is 180 Å². The Morgan fingerprint density at radius 2 is 0.606 bits per heavy atom. The number of unbranched alkanes of at least 4 members (excludes halogenated alkanes) is 25. The summed E-state index contributed by atoms with van der Waals surface area (Å²) in [6, 6.07) is 0. The van der Waals surface area contributed by atoms with E-state index in [-0.39, 0.29) is 6.42 Å². The van der Waals surface area contributed by atoms with E-state index in [4.69, 9.17) is 5.11 Å². The van der Waals surface area contributed by atoms with Crippen molar-refractivity contribution in [3.63, 3.8) is 0 Å². The first-order chi connectivity index (χ1) is 16.2. The van der Waals surface area contributed by atoms with Crippen LogP contribution in [0.1, 0.15) is 180 Å². The topological polar surface area (TPSA) is 54.4 Å². The number of aliphatic carboxylic acids is 1. The summed E-state index contributed by atoms with van der Waals surface area (Å²) in [6.45, 7) is 2.29. The first-order valence-corrected chi connectivity index (χ1v) is 14.9. The van der Waals surface area contributed by atoms with Gasteiger partial charge >= 0.3 is 5.97 Å². The maximum absolute atomic E-state index is 11.0. The Morgan fingerprint density at radius 3 is 0.818 bits per heavy atom. The predicted octanol–water partition coefficient (Wildman–Crippen LogP) is 10.2. The van der Waals surface area contributed by atoms with Crippen LogP contribution in [0.3, 0.4) is 0 Å². The number of carboxylic acid groups (broad SMARTS) is 1. The first kappa shape index (κ1) is 32.1. The van der Waals surface area contributed by atoms with Crippen LogP contribution in [0.15, 0.2) is 0 Å². The van der Waals surface area contributed by atoms with Gasteiger partial charge < -0.3 is 5.11 Å². The molecule has 0 aromatic carbocycles. The molecule has 0 aromatic rings. The molecule has 0 aliphatic carbocycles. The van der Waals surface area contributed by atoms with Crippen molar-refractivity contribution >= 4 is 11.8 Å². The van der Waals surface area contributed by atoms with Gasteiger partial charge in [0.15, 0.2) is 0 Å². The van der Waals surface area contributed by atoms with E-state index in [1.54, 1.807) is 0 Å². The Kier molecular flexibility index (Phi) is 26.7. The monoisotopic (exact) mass is 466 g/mol. The van der Waals surface area contributed by atoms with Gasteiger partial charge in [0.1, 0.15) is 0 Å². The number of carbonyl (C=O) groups excluding carboxylic acids is 1. The summed E-state index contributed by atoms with van der Waals surface area (Å²) < 4.78 is 0. The van der Waals surface area contributed by atoms with Gasteiger partial charge in [-0.3, -0.25) is 4.79 Å². The fourth-order valence-electron chi connectivity index (χ4n) is 4.71. The van der Waals surface area contributed by atoms with Crippen LogP contribution >= 0.6 is 0 Å². The van der Waals surface area contributed by atoms with Crippen LogP contribution in [0.2, 0.25) is 0 Å². The molecule has 0 unspecified atom stereocenters. The highest BCUT2D eigenvalue weighted by Gasteiger charge is 2.09. The maximum atomic E-state index is 11.0. The number of rotatable bonds is 28. The van der Waals surface area contributed by atoms with Crippen molar-refractivity contribution in [2.75, 3.05) is 0 Å². The van der Waals surface area contributed by atoms with Crippen molar-refractivity contribution in [3.05, 3.63) is 0 Å². The zero-order valence-electron chi connectivity index (χ0n) is 22.4. The average Bonchev–Trinajstić information content (AvgIpc) is 2.81. The van der Waals surface area contributed by atoms with Gasteiger partial charge in [-0.15, -0.1) is 0 Å². The standard InChI is InChI=1S/C30H58O3/c1-2-3-4-5-6-7-8-9-10-11-12-13-14-15-16-17-18-19-20-21-22-23-24-25-26-27-28-29(31)30(32)33/h2-28H2,1H3,(H,32,33). The number of hydrogen-bond donors (Lipinski definition) is 1. The third-order valence-corrected chi connectivity index (χ3v) is 7.00. The molecule has 196 valence electrons. The minimum absolute atomic E-state index is 0.203. The number of hydrogen-bond acceptors (Lipinski definition) is 2. The van der Waals surface area contributed by atoms with Crippen LogP contribution in [0, 0.1) is 0 Å². The molecular formula is C30H58O3. The Balaban J connectivity index is 3.05. The zero-order chi connectivity index (χ0) is 24.2. The van der Waals surface area contributed by atoms with Crippen LogP contribution in [0.4, 0.5) is 0 Å². The first-order valence-electron chi connectivity index (χ1n) is 14.9. The predicted molar refractivity (Wildman–Crippen MR) is 143 cm³/mol. The summed E-state index contributed by atoms with van der Waals surface area (Å²) >= 11 is 0. The summed E-state index contributed by atoms with van der Waals surface area (Å²) in [7, 11) is 0. The van der Waals surface area contributed by atoms with Crippen molar-refractivity contribution in [1.29, 1.82) is 0 Å². The third kappa shape index (κ3) is 27.3. The second kappa shape index (κ2) is 27.4. The van der Waals surface area contributed by atoms with Gasteiger partial charge in [0.25, 0.3) is 0 Å². The lowest BCUT2D eigenvalue weighted by atomic mass is 10.0. The van der Waals surface area contributed by atoms with Crippen LogP contribution in [0.5, 0.6) is 0 Å². The SMILES string of the molecule is CCCCCCCCCCCCCCCCCCCCCCCCCCCCC(=O)C(=O)O. The van der Waals surface area contributed by atoms with E-state index in [1.807, 2.05) is 0 Å². The zero-order valence-corrected chi connectivity index (χ0v) is 22.4. The fraction of sp³-hybridized carbons (Fsp3) is 0.933. The molecule has 3 heteroatoms. The molecule has 0 aliphatic rings. The largest absolute Gasteiger partial charge is 0.476 e. The van der Waals surface area contributed by atoms with Crippen molar-refractivity contribution in [1.82, 2.24) is 0 Å². The Morgan fingerprint density at radius 1 is 0.394 bits per heavy atom. The van der Waals surface area contributed by atoms with E-state index in [2.05, 4.69) is 6.92 Å². The van der Waals surface area contributed by atoms with E-state index in [0.29, 0.717) is 0 Å². The molecule has 0 heterocycles. The van der Waals surface area contributed by atoms with Crippen LogP contribution in [-0.4, -0.2) is 16.9 Å².